The van der Waals surface area contributed by atoms with Gasteiger partial charge in [-0.05, 0) is 76.9 Å². The first-order chi connectivity index (χ1) is 16.6. The van der Waals surface area contributed by atoms with E-state index in [2.05, 4.69) is 90.9 Å². The summed E-state index contributed by atoms with van der Waals surface area (Å²) in [6, 6.07) is 19.8. The Hall–Kier alpha value is -2.66. The number of hydrogen-bond acceptors (Lipinski definition) is 3. The fourth-order valence-electron chi connectivity index (χ4n) is 5.51. The molecule has 3 aromatic rings. The third kappa shape index (κ3) is 4.75. The van der Waals surface area contributed by atoms with Crippen molar-refractivity contribution in [3.05, 3.63) is 82.4 Å². The maximum absolute atomic E-state index is 13.3. The third-order valence-corrected chi connectivity index (χ3v) is 7.48. The molecule has 0 radical (unpaired) electrons. The molecule has 1 fully saturated rings. The van der Waals surface area contributed by atoms with Crippen molar-refractivity contribution in [2.24, 2.45) is 0 Å². The number of halogens is 1. The molecule has 1 heterocycles. The van der Waals surface area contributed by atoms with Crippen LogP contribution in [0.3, 0.4) is 0 Å². The van der Waals surface area contributed by atoms with E-state index in [0.717, 1.165) is 44.6 Å². The smallest absolute Gasteiger partial charge is 0.251 e. The zero-order valence-electron chi connectivity index (χ0n) is 21.0. The molecule has 2 aliphatic rings. The van der Waals surface area contributed by atoms with Crippen LogP contribution in [0.25, 0.3) is 22.3 Å². The van der Waals surface area contributed by atoms with E-state index in [1.165, 1.54) is 44.5 Å². The fraction of sp³-hybridized carbons (Fsp3) is 0.367. The van der Waals surface area contributed by atoms with Gasteiger partial charge in [0.25, 0.3) is 5.91 Å². The summed E-state index contributed by atoms with van der Waals surface area (Å²) >= 11 is 0. The van der Waals surface area contributed by atoms with Crippen LogP contribution in [-0.4, -0.2) is 43.5 Å². The van der Waals surface area contributed by atoms with Crippen LogP contribution in [0.4, 0.5) is 0 Å². The van der Waals surface area contributed by atoms with Crippen LogP contribution in [0, 0.1) is 13.8 Å². The van der Waals surface area contributed by atoms with Gasteiger partial charge in [0.1, 0.15) is 0 Å². The van der Waals surface area contributed by atoms with Crippen molar-refractivity contribution < 1.29 is 4.79 Å². The Balaban J connectivity index is 0.00000289. The second kappa shape index (κ2) is 10.9. The zero-order valence-corrected chi connectivity index (χ0v) is 21.8. The Labute approximate surface area is 215 Å². The van der Waals surface area contributed by atoms with E-state index < -0.39 is 0 Å². The molecule has 35 heavy (non-hydrogen) atoms. The lowest BCUT2D eigenvalue weighted by Gasteiger charge is -2.34. The largest absolute Gasteiger partial charge is 0.352 e. The number of hydrogen-bond donors (Lipinski definition) is 2. The quantitative estimate of drug-likeness (QED) is 0.424. The predicted octanol–water partition coefficient (Wildman–Crippen LogP) is 5.90. The molecule has 1 atom stereocenters. The summed E-state index contributed by atoms with van der Waals surface area (Å²) in [5, 5.41) is 6.64. The minimum Gasteiger partial charge on any atom is -0.352 e. The van der Waals surface area contributed by atoms with Gasteiger partial charge in [0.2, 0.25) is 0 Å². The first kappa shape index (κ1) is 25.4. The molecule has 1 amide bonds. The van der Waals surface area contributed by atoms with Crippen molar-refractivity contribution in [3.63, 3.8) is 0 Å². The highest BCUT2D eigenvalue weighted by Crippen LogP contribution is 2.51. The molecule has 2 N–H and O–H groups in total. The third-order valence-electron chi connectivity index (χ3n) is 7.48. The molecule has 5 rings (SSSR count). The van der Waals surface area contributed by atoms with Crippen molar-refractivity contribution in [2.45, 2.75) is 39.7 Å². The Morgan fingerprint density at radius 2 is 1.71 bits per heavy atom. The van der Waals surface area contributed by atoms with Gasteiger partial charge in [-0.15, -0.1) is 12.4 Å². The molecule has 0 bridgehead atoms. The zero-order chi connectivity index (χ0) is 23.7. The minimum absolute atomic E-state index is 0. The summed E-state index contributed by atoms with van der Waals surface area (Å²) in [6.07, 6.45) is 2.06. The number of nitrogens with zero attached hydrogens (tertiary/aromatic N) is 1. The first-order valence-electron chi connectivity index (χ1n) is 12.7. The van der Waals surface area contributed by atoms with Gasteiger partial charge in [-0.3, -0.25) is 9.69 Å². The van der Waals surface area contributed by atoms with Crippen molar-refractivity contribution >= 4 is 18.3 Å². The van der Waals surface area contributed by atoms with E-state index in [4.69, 9.17) is 0 Å². The summed E-state index contributed by atoms with van der Waals surface area (Å²) in [6.45, 7) is 11.2. The van der Waals surface area contributed by atoms with Gasteiger partial charge in [-0.1, -0.05) is 55.8 Å². The van der Waals surface area contributed by atoms with Crippen molar-refractivity contribution in [1.29, 1.82) is 0 Å². The number of benzene rings is 3. The van der Waals surface area contributed by atoms with Gasteiger partial charge in [0.05, 0.1) is 6.04 Å². The minimum atomic E-state index is 0. The van der Waals surface area contributed by atoms with Gasteiger partial charge >= 0.3 is 0 Å². The van der Waals surface area contributed by atoms with Crippen LogP contribution in [0.2, 0.25) is 0 Å². The second-order valence-corrected chi connectivity index (χ2v) is 9.62. The van der Waals surface area contributed by atoms with E-state index >= 15 is 0 Å². The lowest BCUT2D eigenvalue weighted by Crippen LogP contribution is -2.45. The van der Waals surface area contributed by atoms with Crippen molar-refractivity contribution in [1.82, 2.24) is 15.5 Å². The number of rotatable bonds is 6. The van der Waals surface area contributed by atoms with Crippen LogP contribution in [0.1, 0.15) is 58.4 Å². The maximum Gasteiger partial charge on any atom is 0.251 e. The summed E-state index contributed by atoms with van der Waals surface area (Å²) in [5.74, 6) is 0.0258. The number of piperazine rings is 1. The van der Waals surface area contributed by atoms with E-state index in [1.807, 2.05) is 0 Å². The highest BCUT2D eigenvalue weighted by molar-refractivity contribution is 6.01. The van der Waals surface area contributed by atoms with Gasteiger partial charge in [0, 0.05) is 38.3 Å². The van der Waals surface area contributed by atoms with Gasteiger partial charge < -0.3 is 10.6 Å². The molecule has 1 aliphatic heterocycles. The van der Waals surface area contributed by atoms with Crippen LogP contribution in [0.5, 0.6) is 0 Å². The Morgan fingerprint density at radius 3 is 2.49 bits per heavy atom. The van der Waals surface area contributed by atoms with Crippen molar-refractivity contribution in [3.8, 4) is 22.3 Å². The van der Waals surface area contributed by atoms with Gasteiger partial charge in [-0.25, -0.2) is 0 Å². The topological polar surface area (TPSA) is 44.4 Å². The highest BCUT2D eigenvalue weighted by Gasteiger charge is 2.36. The first-order valence-corrected chi connectivity index (χ1v) is 12.7. The molecule has 0 spiro atoms. The summed E-state index contributed by atoms with van der Waals surface area (Å²) in [7, 11) is 0. The van der Waals surface area contributed by atoms with E-state index in [9.17, 15) is 4.79 Å². The van der Waals surface area contributed by atoms with E-state index in [0.29, 0.717) is 6.54 Å². The molecule has 1 saturated heterocycles. The molecule has 1 aliphatic carbocycles. The molecular formula is C30H36ClN3O. The lowest BCUT2D eigenvalue weighted by molar-refractivity contribution is 0.0953. The summed E-state index contributed by atoms with van der Waals surface area (Å²) < 4.78 is 0. The fourth-order valence-corrected chi connectivity index (χ4v) is 5.51. The molecule has 4 nitrogen and oxygen atoms in total. The standard InChI is InChI=1S/C30H35N3O.ClH/c1-4-5-13-32-30(34)22-18-26(23-12-8-9-20(2)21(23)3)28-24-10-6-7-11-25(24)29(27(28)19-22)33-16-14-31-15-17-33;/h6-12,18-19,29,31H,4-5,13-17H2,1-3H3,(H,32,34);1H. The monoisotopic (exact) mass is 489 g/mol. The van der Waals surface area contributed by atoms with Crippen LogP contribution >= 0.6 is 12.4 Å². The maximum atomic E-state index is 13.3. The normalized spacial score (nSPS) is 16.8. The lowest BCUT2D eigenvalue weighted by atomic mass is 9.88. The number of aryl methyl sites for hydroxylation is 1. The van der Waals surface area contributed by atoms with E-state index in [-0.39, 0.29) is 24.4 Å². The Kier molecular flexibility index (Phi) is 7.95. The number of carbonyl (C=O) groups excluding carboxylic acids is 1. The molecule has 5 heteroatoms. The number of fused-ring (bicyclic) bond motifs is 3. The predicted molar refractivity (Wildman–Crippen MR) is 148 cm³/mol. The molecule has 184 valence electrons. The average molecular weight is 490 g/mol. The van der Waals surface area contributed by atoms with Gasteiger partial charge in [-0.2, -0.15) is 0 Å². The molecular weight excluding hydrogens is 454 g/mol. The van der Waals surface area contributed by atoms with E-state index in [1.54, 1.807) is 0 Å². The van der Waals surface area contributed by atoms with Gasteiger partial charge in [0.15, 0.2) is 0 Å². The number of amides is 1. The Bertz CT molecular complexity index is 1220. The van der Waals surface area contributed by atoms with Crippen LogP contribution in [0.15, 0.2) is 54.6 Å². The molecule has 0 aromatic heterocycles. The van der Waals surface area contributed by atoms with Crippen LogP contribution in [-0.2, 0) is 0 Å². The van der Waals surface area contributed by atoms with Crippen molar-refractivity contribution in [2.75, 3.05) is 32.7 Å². The molecule has 1 unspecified atom stereocenters. The molecule has 0 saturated carbocycles. The Morgan fingerprint density at radius 1 is 0.971 bits per heavy atom. The average Bonchev–Trinajstić information content (AvgIpc) is 3.20. The van der Waals surface area contributed by atoms with Crippen LogP contribution < -0.4 is 10.6 Å². The number of unbranched alkanes of at least 4 members (excludes halogenated alkanes) is 1. The number of nitrogens with one attached hydrogen (secondary N) is 2. The second-order valence-electron chi connectivity index (χ2n) is 9.62. The summed E-state index contributed by atoms with van der Waals surface area (Å²) in [5.41, 5.74) is 10.9. The highest BCUT2D eigenvalue weighted by atomic mass is 35.5. The molecule has 3 aromatic carbocycles. The summed E-state index contributed by atoms with van der Waals surface area (Å²) in [4.78, 5) is 15.9. The SMILES string of the molecule is CCCCNC(=O)c1cc(-c2cccc(C)c2C)c2c(c1)C(N1CCNCC1)c1ccccc1-2.Cl. The number of carbonyl (C=O) groups is 1.